The average Bonchev–Trinajstić information content (AvgIpc) is 2.33. The van der Waals surface area contributed by atoms with Crippen LogP contribution in [0.1, 0.15) is 19.3 Å². The van der Waals surface area contributed by atoms with Crippen LogP contribution in [0.3, 0.4) is 0 Å². The molecule has 78 valence electrons. The molecule has 13 heavy (non-hydrogen) atoms. The van der Waals surface area contributed by atoms with Crippen LogP contribution in [0.25, 0.3) is 0 Å². The van der Waals surface area contributed by atoms with Gasteiger partial charge >= 0.3 is 0 Å². The first-order valence-electron chi connectivity index (χ1n) is 4.60. The molecule has 0 aromatic rings. The summed E-state index contributed by atoms with van der Waals surface area (Å²) in [7, 11) is 4.91. The zero-order chi connectivity index (χ0) is 10.3. The molecule has 4 heteroatoms. The van der Waals surface area contributed by atoms with Gasteiger partial charge < -0.3 is 10.4 Å². The molecule has 0 aliphatic carbocycles. The van der Waals surface area contributed by atoms with Crippen molar-refractivity contribution in [2.75, 3.05) is 27.7 Å². The number of carbonyl (C=O) groups excluding carboxylic acids is 1. The van der Waals surface area contributed by atoms with Crippen molar-refractivity contribution in [3.8, 4) is 0 Å². The highest BCUT2D eigenvalue weighted by Gasteiger charge is 2.21. The quantitative estimate of drug-likeness (QED) is 0.600. The molecule has 1 unspecified atom stereocenters. The van der Waals surface area contributed by atoms with Gasteiger partial charge in [-0.2, -0.15) is 0 Å². The van der Waals surface area contributed by atoms with E-state index in [1.807, 2.05) is 19.0 Å². The number of hydrogen-bond acceptors (Lipinski definition) is 3. The van der Waals surface area contributed by atoms with E-state index < -0.39 is 0 Å². The molecule has 0 aromatic carbocycles. The lowest BCUT2D eigenvalue weighted by atomic mass is 10.1. The van der Waals surface area contributed by atoms with Gasteiger partial charge in [-0.15, -0.1) is 0 Å². The molecule has 0 radical (unpaired) electrons. The standard InChI is InChI=1S/C8H16N2O.CH4O/c1-10(2)7-5-3-4-6-9-8(7)11;1-2/h7H,3-6H2,1-2H3,(H,9,11);2H,1H3. The zero-order valence-electron chi connectivity index (χ0n) is 8.71. The van der Waals surface area contributed by atoms with Crippen molar-refractivity contribution in [2.45, 2.75) is 25.3 Å². The third-order valence-corrected chi connectivity index (χ3v) is 2.13. The summed E-state index contributed by atoms with van der Waals surface area (Å²) in [4.78, 5) is 13.3. The summed E-state index contributed by atoms with van der Waals surface area (Å²) >= 11 is 0. The molecule has 2 N–H and O–H groups in total. The van der Waals surface area contributed by atoms with Crippen LogP contribution in [-0.4, -0.2) is 49.7 Å². The lowest BCUT2D eigenvalue weighted by Gasteiger charge is -2.20. The van der Waals surface area contributed by atoms with Gasteiger partial charge in [-0.25, -0.2) is 0 Å². The van der Waals surface area contributed by atoms with Gasteiger partial charge in [0, 0.05) is 13.7 Å². The Labute approximate surface area is 79.9 Å². The second-order valence-electron chi connectivity index (χ2n) is 3.27. The fourth-order valence-electron chi connectivity index (χ4n) is 1.42. The number of amides is 1. The fourth-order valence-corrected chi connectivity index (χ4v) is 1.42. The Morgan fingerprint density at radius 1 is 1.38 bits per heavy atom. The maximum atomic E-state index is 11.3. The number of likely N-dealkylation sites (N-methyl/N-ethyl adjacent to an activating group) is 1. The Bertz CT molecular complexity index is 149. The molecule has 1 aliphatic heterocycles. The zero-order valence-corrected chi connectivity index (χ0v) is 8.71. The molecule has 1 fully saturated rings. The van der Waals surface area contributed by atoms with Crippen LogP contribution in [0.5, 0.6) is 0 Å². The lowest BCUT2D eigenvalue weighted by Crippen LogP contribution is -2.41. The van der Waals surface area contributed by atoms with E-state index >= 15 is 0 Å². The van der Waals surface area contributed by atoms with Crippen LogP contribution in [0, 0.1) is 0 Å². The van der Waals surface area contributed by atoms with Crippen molar-refractivity contribution >= 4 is 5.91 Å². The Kier molecular flexibility index (Phi) is 6.54. The molecule has 4 nitrogen and oxygen atoms in total. The van der Waals surface area contributed by atoms with Crippen LogP contribution < -0.4 is 5.32 Å². The summed E-state index contributed by atoms with van der Waals surface area (Å²) in [5, 5.41) is 9.90. The third-order valence-electron chi connectivity index (χ3n) is 2.13. The van der Waals surface area contributed by atoms with Crippen LogP contribution >= 0.6 is 0 Å². The monoisotopic (exact) mass is 188 g/mol. The van der Waals surface area contributed by atoms with E-state index in [9.17, 15) is 4.79 Å². The second-order valence-corrected chi connectivity index (χ2v) is 3.27. The Hall–Kier alpha value is -0.610. The number of aliphatic hydroxyl groups is 1. The number of aliphatic hydroxyl groups excluding tert-OH is 1. The van der Waals surface area contributed by atoms with Crippen molar-refractivity contribution in [3.63, 3.8) is 0 Å². The van der Waals surface area contributed by atoms with Gasteiger partial charge in [0.25, 0.3) is 0 Å². The lowest BCUT2D eigenvalue weighted by molar-refractivity contribution is -0.125. The number of hydrogen-bond donors (Lipinski definition) is 2. The topological polar surface area (TPSA) is 52.6 Å². The maximum Gasteiger partial charge on any atom is 0.237 e. The Balaban J connectivity index is 0.000000671. The van der Waals surface area contributed by atoms with Gasteiger partial charge in [-0.05, 0) is 33.4 Å². The summed E-state index contributed by atoms with van der Waals surface area (Å²) in [5.74, 6) is 0.188. The minimum Gasteiger partial charge on any atom is -0.400 e. The van der Waals surface area contributed by atoms with E-state index in [0.29, 0.717) is 0 Å². The number of nitrogens with zero attached hydrogens (tertiary/aromatic N) is 1. The number of nitrogens with one attached hydrogen (secondary N) is 1. The van der Waals surface area contributed by atoms with Gasteiger partial charge in [0.2, 0.25) is 5.91 Å². The molecule has 1 saturated heterocycles. The van der Waals surface area contributed by atoms with E-state index in [1.54, 1.807) is 0 Å². The molecular weight excluding hydrogens is 168 g/mol. The van der Waals surface area contributed by atoms with E-state index in [-0.39, 0.29) is 11.9 Å². The van der Waals surface area contributed by atoms with Crippen molar-refractivity contribution in [1.82, 2.24) is 10.2 Å². The summed E-state index contributed by atoms with van der Waals surface area (Å²) in [6, 6.07) is 0.0949. The number of carbonyl (C=O) groups is 1. The van der Waals surface area contributed by atoms with Gasteiger partial charge in [-0.3, -0.25) is 9.69 Å². The minimum absolute atomic E-state index is 0.0949. The van der Waals surface area contributed by atoms with Crippen molar-refractivity contribution in [1.29, 1.82) is 0 Å². The molecule has 0 spiro atoms. The van der Waals surface area contributed by atoms with Crippen LogP contribution in [-0.2, 0) is 4.79 Å². The predicted octanol–water partition coefficient (Wildman–Crippen LogP) is -0.175. The van der Waals surface area contributed by atoms with E-state index in [2.05, 4.69) is 5.32 Å². The summed E-state index contributed by atoms with van der Waals surface area (Å²) in [6.45, 7) is 0.850. The predicted molar refractivity (Wildman–Crippen MR) is 52.5 cm³/mol. The molecule has 1 heterocycles. The van der Waals surface area contributed by atoms with E-state index in [4.69, 9.17) is 5.11 Å². The number of rotatable bonds is 1. The normalized spacial score (nSPS) is 22.8. The smallest absolute Gasteiger partial charge is 0.237 e. The largest absolute Gasteiger partial charge is 0.400 e. The van der Waals surface area contributed by atoms with Gasteiger partial charge in [0.05, 0.1) is 6.04 Å². The van der Waals surface area contributed by atoms with E-state index in [0.717, 1.165) is 32.9 Å². The van der Waals surface area contributed by atoms with Crippen LogP contribution in [0.2, 0.25) is 0 Å². The SMILES string of the molecule is CN(C)C1CCCCNC1=O.CO. The third kappa shape index (κ3) is 4.24. The Morgan fingerprint density at radius 3 is 2.54 bits per heavy atom. The van der Waals surface area contributed by atoms with Crippen LogP contribution in [0.15, 0.2) is 0 Å². The first-order valence-corrected chi connectivity index (χ1v) is 4.60. The second kappa shape index (κ2) is 6.86. The molecule has 1 atom stereocenters. The van der Waals surface area contributed by atoms with Gasteiger partial charge in [0.15, 0.2) is 0 Å². The molecule has 0 bridgehead atoms. The van der Waals surface area contributed by atoms with Gasteiger partial charge in [0.1, 0.15) is 0 Å². The fraction of sp³-hybridized carbons (Fsp3) is 0.889. The van der Waals surface area contributed by atoms with Crippen molar-refractivity contribution in [2.24, 2.45) is 0 Å². The molecule has 0 saturated carbocycles. The molecular formula is C9H20N2O2. The first kappa shape index (κ1) is 12.4. The summed E-state index contributed by atoms with van der Waals surface area (Å²) in [6.07, 6.45) is 3.27. The first-order chi connectivity index (χ1) is 6.22. The highest BCUT2D eigenvalue weighted by Crippen LogP contribution is 2.08. The Morgan fingerprint density at radius 2 is 2.00 bits per heavy atom. The molecule has 1 aliphatic rings. The highest BCUT2D eigenvalue weighted by molar-refractivity contribution is 5.81. The average molecular weight is 188 g/mol. The minimum atomic E-state index is 0.0949. The van der Waals surface area contributed by atoms with Crippen molar-refractivity contribution < 1.29 is 9.90 Å². The summed E-state index contributed by atoms with van der Waals surface area (Å²) in [5.41, 5.74) is 0. The molecule has 0 aromatic heterocycles. The van der Waals surface area contributed by atoms with Crippen molar-refractivity contribution in [3.05, 3.63) is 0 Å². The summed E-state index contributed by atoms with van der Waals surface area (Å²) < 4.78 is 0. The molecule has 1 rings (SSSR count). The van der Waals surface area contributed by atoms with Gasteiger partial charge in [-0.1, -0.05) is 0 Å². The maximum absolute atomic E-state index is 11.3. The van der Waals surface area contributed by atoms with Crippen LogP contribution in [0.4, 0.5) is 0 Å². The molecule has 1 amide bonds. The highest BCUT2D eigenvalue weighted by atomic mass is 16.2. The van der Waals surface area contributed by atoms with E-state index in [1.165, 1.54) is 0 Å².